The number of esters is 2. The van der Waals surface area contributed by atoms with Crippen LogP contribution in [0, 0.1) is 11.8 Å². The SMILES string of the molecule is CCSCCOC(=O)C1=C(C)NC2=C(C(=O)C(C(=O)OC)C(C)C2)C1c1cc(OC)c(OC)cc1OC. The molecule has 3 atom stereocenters. The van der Waals surface area contributed by atoms with Crippen LogP contribution in [0.25, 0.3) is 0 Å². The van der Waals surface area contributed by atoms with Gasteiger partial charge in [0.2, 0.25) is 0 Å². The molecule has 1 aliphatic carbocycles. The van der Waals surface area contributed by atoms with E-state index >= 15 is 0 Å². The van der Waals surface area contributed by atoms with Crippen LogP contribution >= 0.6 is 11.8 Å². The van der Waals surface area contributed by atoms with Gasteiger partial charge in [0, 0.05) is 34.3 Å². The highest BCUT2D eigenvalue weighted by Crippen LogP contribution is 2.49. The number of hydrogen-bond donors (Lipinski definition) is 1. The highest BCUT2D eigenvalue weighted by atomic mass is 32.2. The zero-order valence-corrected chi connectivity index (χ0v) is 23.2. The summed E-state index contributed by atoms with van der Waals surface area (Å²) in [4.78, 5) is 40.1. The number of benzene rings is 1. The number of rotatable bonds is 10. The molecule has 0 saturated heterocycles. The average Bonchev–Trinajstić information content (AvgIpc) is 2.89. The van der Waals surface area contributed by atoms with Crippen LogP contribution in [-0.2, 0) is 23.9 Å². The van der Waals surface area contributed by atoms with Crippen LogP contribution in [-0.4, -0.2) is 64.3 Å². The lowest BCUT2D eigenvalue weighted by molar-refractivity contribution is -0.151. The molecule has 0 radical (unpaired) electrons. The Morgan fingerprint density at radius 2 is 1.70 bits per heavy atom. The molecule has 1 aromatic rings. The van der Waals surface area contributed by atoms with E-state index in [-0.39, 0.29) is 18.1 Å². The standard InChI is InChI=1S/C27H35NO8S/c1-8-37-10-9-36-27(31)22-15(3)28-17-11-14(2)21(26(30)35-7)25(29)24(17)23(22)16-12-19(33-5)20(34-6)13-18(16)32-4/h12-14,21,23,28H,8-11H2,1-7H3. The van der Waals surface area contributed by atoms with E-state index in [9.17, 15) is 14.4 Å². The fourth-order valence-electron chi connectivity index (χ4n) is 4.96. The molecule has 0 aromatic heterocycles. The minimum atomic E-state index is -0.990. The number of thioether (sulfide) groups is 1. The lowest BCUT2D eigenvalue weighted by atomic mass is 9.69. The van der Waals surface area contributed by atoms with Crippen LogP contribution < -0.4 is 19.5 Å². The molecule has 3 rings (SSSR count). The molecule has 0 amide bonds. The number of ether oxygens (including phenoxy) is 5. The van der Waals surface area contributed by atoms with Crippen molar-refractivity contribution in [1.82, 2.24) is 5.32 Å². The summed E-state index contributed by atoms with van der Waals surface area (Å²) in [5, 5.41) is 3.26. The molecule has 37 heavy (non-hydrogen) atoms. The van der Waals surface area contributed by atoms with Crippen molar-refractivity contribution in [3.8, 4) is 17.2 Å². The lowest BCUT2D eigenvalue weighted by Gasteiger charge is -2.38. The third-order valence-electron chi connectivity index (χ3n) is 6.67. The van der Waals surface area contributed by atoms with E-state index in [1.165, 1.54) is 28.4 Å². The molecule has 1 N–H and O–H groups in total. The van der Waals surface area contributed by atoms with Crippen molar-refractivity contribution in [3.05, 3.63) is 40.2 Å². The number of carbonyl (C=O) groups excluding carboxylic acids is 3. The van der Waals surface area contributed by atoms with Crippen LogP contribution in [0.15, 0.2) is 34.7 Å². The van der Waals surface area contributed by atoms with E-state index in [0.29, 0.717) is 52.0 Å². The molecule has 1 aliphatic heterocycles. The van der Waals surface area contributed by atoms with Gasteiger partial charge in [-0.25, -0.2) is 4.79 Å². The van der Waals surface area contributed by atoms with E-state index < -0.39 is 29.6 Å². The first-order valence-electron chi connectivity index (χ1n) is 12.1. The number of methoxy groups -OCH3 is 4. The third-order valence-corrected chi connectivity index (χ3v) is 7.54. The van der Waals surface area contributed by atoms with Crippen LogP contribution in [0.4, 0.5) is 0 Å². The molecule has 10 heteroatoms. The van der Waals surface area contributed by atoms with Gasteiger partial charge in [-0.1, -0.05) is 13.8 Å². The van der Waals surface area contributed by atoms with Gasteiger partial charge in [-0.05, 0) is 31.1 Å². The fourth-order valence-corrected chi connectivity index (χ4v) is 5.45. The van der Waals surface area contributed by atoms with E-state index in [0.717, 1.165) is 5.75 Å². The average molecular weight is 534 g/mol. The summed E-state index contributed by atoms with van der Waals surface area (Å²) >= 11 is 1.66. The Balaban J connectivity index is 2.23. The molecule has 202 valence electrons. The van der Waals surface area contributed by atoms with Gasteiger partial charge in [-0.2, -0.15) is 11.8 Å². The molecule has 0 spiro atoms. The summed E-state index contributed by atoms with van der Waals surface area (Å²) < 4.78 is 27.3. The van der Waals surface area contributed by atoms with Crippen molar-refractivity contribution >= 4 is 29.5 Å². The maximum Gasteiger partial charge on any atom is 0.336 e. The molecule has 0 saturated carbocycles. The van der Waals surface area contributed by atoms with Crippen molar-refractivity contribution < 1.29 is 38.1 Å². The van der Waals surface area contributed by atoms with E-state index in [1.807, 2.05) is 13.8 Å². The zero-order valence-electron chi connectivity index (χ0n) is 22.4. The Hall–Kier alpha value is -3.14. The topological polar surface area (TPSA) is 109 Å². The van der Waals surface area contributed by atoms with E-state index in [1.54, 1.807) is 30.8 Å². The molecule has 2 aliphatic rings. The Labute approximate surface area is 221 Å². The zero-order chi connectivity index (χ0) is 27.3. The molecule has 3 unspecified atom stereocenters. The predicted molar refractivity (Wildman–Crippen MR) is 140 cm³/mol. The first-order chi connectivity index (χ1) is 17.7. The quantitative estimate of drug-likeness (QED) is 0.272. The van der Waals surface area contributed by atoms with Gasteiger partial charge in [-0.15, -0.1) is 0 Å². The molecule has 0 fully saturated rings. The summed E-state index contributed by atoms with van der Waals surface area (Å²) in [5.74, 6) is -0.873. The third kappa shape index (κ3) is 5.58. The highest BCUT2D eigenvalue weighted by Gasteiger charge is 2.48. The summed E-state index contributed by atoms with van der Waals surface area (Å²) in [6, 6.07) is 3.35. The molecule has 1 aromatic carbocycles. The Bertz CT molecular complexity index is 1130. The minimum absolute atomic E-state index is 0.228. The fraction of sp³-hybridized carbons (Fsp3) is 0.519. The monoisotopic (exact) mass is 533 g/mol. The van der Waals surface area contributed by atoms with Crippen LogP contribution in [0.1, 0.15) is 38.7 Å². The van der Waals surface area contributed by atoms with E-state index in [2.05, 4.69) is 5.32 Å². The molecule has 1 heterocycles. The van der Waals surface area contributed by atoms with Crippen LogP contribution in [0.2, 0.25) is 0 Å². The van der Waals surface area contributed by atoms with Gasteiger partial charge in [0.25, 0.3) is 0 Å². The van der Waals surface area contributed by atoms with Gasteiger partial charge in [0.05, 0.1) is 39.9 Å². The van der Waals surface area contributed by atoms with Gasteiger partial charge in [0.15, 0.2) is 17.3 Å². The van der Waals surface area contributed by atoms with Gasteiger partial charge >= 0.3 is 11.9 Å². The summed E-state index contributed by atoms with van der Waals surface area (Å²) in [7, 11) is 5.78. The van der Waals surface area contributed by atoms with Crippen LogP contribution in [0.5, 0.6) is 17.2 Å². The highest BCUT2D eigenvalue weighted by molar-refractivity contribution is 7.99. The van der Waals surface area contributed by atoms with Crippen molar-refractivity contribution in [2.24, 2.45) is 11.8 Å². The number of nitrogens with one attached hydrogen (secondary N) is 1. The van der Waals surface area contributed by atoms with Crippen LogP contribution in [0.3, 0.4) is 0 Å². The second-order valence-electron chi connectivity index (χ2n) is 8.82. The molecular formula is C27H35NO8S. The van der Waals surface area contributed by atoms with Crippen molar-refractivity contribution in [2.75, 3.05) is 46.6 Å². The summed E-state index contributed by atoms with van der Waals surface area (Å²) in [6.07, 6.45) is 0.430. The number of ketones is 1. The maximum absolute atomic E-state index is 13.9. The summed E-state index contributed by atoms with van der Waals surface area (Å²) in [6.45, 7) is 5.88. The second-order valence-corrected chi connectivity index (χ2v) is 10.2. The van der Waals surface area contributed by atoms with Gasteiger partial charge in [0.1, 0.15) is 18.3 Å². The molecular weight excluding hydrogens is 498 g/mol. The van der Waals surface area contributed by atoms with Crippen molar-refractivity contribution in [1.29, 1.82) is 0 Å². The molecule has 9 nitrogen and oxygen atoms in total. The minimum Gasteiger partial charge on any atom is -0.496 e. The summed E-state index contributed by atoms with van der Waals surface area (Å²) in [5.41, 5.74) is 2.35. The van der Waals surface area contributed by atoms with E-state index in [4.69, 9.17) is 23.7 Å². The Kier molecular flexibility index (Phi) is 9.53. The number of carbonyl (C=O) groups is 3. The Morgan fingerprint density at radius 1 is 1.05 bits per heavy atom. The number of Topliss-reactive ketones (excluding diaryl/α,β-unsaturated/α-hetero) is 1. The first-order valence-corrected chi connectivity index (χ1v) is 13.3. The second kappa shape index (κ2) is 12.4. The number of allylic oxidation sites excluding steroid dienone is 3. The Morgan fingerprint density at radius 3 is 2.30 bits per heavy atom. The number of dihydropyridines is 1. The first kappa shape index (κ1) is 28.4. The predicted octanol–water partition coefficient (Wildman–Crippen LogP) is 3.62. The smallest absolute Gasteiger partial charge is 0.336 e. The largest absolute Gasteiger partial charge is 0.496 e. The molecule has 0 bridgehead atoms. The van der Waals surface area contributed by atoms with Gasteiger partial charge in [-0.3, -0.25) is 9.59 Å². The lowest BCUT2D eigenvalue weighted by Crippen LogP contribution is -2.43. The maximum atomic E-state index is 13.9. The number of hydrogen-bond acceptors (Lipinski definition) is 10. The van der Waals surface area contributed by atoms with Gasteiger partial charge < -0.3 is 29.0 Å². The van der Waals surface area contributed by atoms with Crippen molar-refractivity contribution in [2.45, 2.75) is 33.1 Å². The normalized spacial score (nSPS) is 21.2. The van der Waals surface area contributed by atoms with Crippen molar-refractivity contribution in [3.63, 3.8) is 0 Å².